The minimum atomic E-state index is -4.19. The van der Waals surface area contributed by atoms with E-state index < -0.39 is 18.0 Å². The number of ether oxygens (including phenoxy) is 1. The van der Waals surface area contributed by atoms with Gasteiger partial charge in [0.05, 0.1) is 30.0 Å². The second kappa shape index (κ2) is 6.11. The molecule has 0 aromatic carbocycles. The molecular formula is C17H20F3N3O. The van der Waals surface area contributed by atoms with Crippen LogP contribution in [0.25, 0.3) is 11.4 Å². The van der Waals surface area contributed by atoms with Crippen LogP contribution in [0.2, 0.25) is 0 Å². The fourth-order valence-electron chi connectivity index (χ4n) is 3.47. The zero-order valence-electron chi connectivity index (χ0n) is 13.9. The SMILES string of the molecule is CCOc1cnccc1-c1nc2c(n1C)CCC(C(F)(F)F)C2C. The van der Waals surface area contributed by atoms with Crippen LogP contribution in [-0.4, -0.2) is 27.3 Å². The van der Waals surface area contributed by atoms with Gasteiger partial charge in [0.25, 0.3) is 0 Å². The number of nitrogens with zero attached hydrogens (tertiary/aromatic N) is 3. The zero-order valence-corrected chi connectivity index (χ0v) is 13.9. The van der Waals surface area contributed by atoms with E-state index in [2.05, 4.69) is 9.97 Å². The Bertz CT molecular complexity index is 739. The summed E-state index contributed by atoms with van der Waals surface area (Å²) in [7, 11) is 1.85. The Hall–Kier alpha value is -2.05. The first kappa shape index (κ1) is 16.8. The van der Waals surface area contributed by atoms with Gasteiger partial charge < -0.3 is 9.30 Å². The molecular weight excluding hydrogens is 319 g/mol. The van der Waals surface area contributed by atoms with Gasteiger partial charge in [-0.05, 0) is 25.8 Å². The Balaban J connectivity index is 2.06. The summed E-state index contributed by atoms with van der Waals surface area (Å²) in [5.74, 6) is -0.770. The van der Waals surface area contributed by atoms with E-state index in [0.29, 0.717) is 30.3 Å². The fourth-order valence-corrected chi connectivity index (χ4v) is 3.47. The van der Waals surface area contributed by atoms with Gasteiger partial charge in [-0.15, -0.1) is 0 Å². The third-order valence-electron chi connectivity index (χ3n) is 4.72. The van der Waals surface area contributed by atoms with Gasteiger partial charge in [-0.25, -0.2) is 4.98 Å². The molecule has 2 aromatic rings. The van der Waals surface area contributed by atoms with Gasteiger partial charge in [0.1, 0.15) is 11.6 Å². The molecule has 24 heavy (non-hydrogen) atoms. The lowest BCUT2D eigenvalue weighted by atomic mass is 9.80. The van der Waals surface area contributed by atoms with Crippen LogP contribution in [-0.2, 0) is 13.5 Å². The van der Waals surface area contributed by atoms with Crippen LogP contribution < -0.4 is 4.74 Å². The van der Waals surface area contributed by atoms with E-state index in [-0.39, 0.29) is 6.42 Å². The molecule has 0 saturated heterocycles. The van der Waals surface area contributed by atoms with E-state index in [9.17, 15) is 13.2 Å². The molecule has 0 N–H and O–H groups in total. The number of pyridine rings is 1. The average Bonchev–Trinajstić information content (AvgIpc) is 2.85. The highest BCUT2D eigenvalue weighted by Crippen LogP contribution is 2.45. The number of alkyl halides is 3. The van der Waals surface area contributed by atoms with Crippen LogP contribution in [0.15, 0.2) is 18.5 Å². The molecule has 2 unspecified atom stereocenters. The topological polar surface area (TPSA) is 39.9 Å². The highest BCUT2D eigenvalue weighted by molar-refractivity contribution is 5.64. The van der Waals surface area contributed by atoms with Crippen LogP contribution in [0.4, 0.5) is 13.2 Å². The van der Waals surface area contributed by atoms with Gasteiger partial charge in [0.15, 0.2) is 0 Å². The zero-order chi connectivity index (χ0) is 17.5. The summed E-state index contributed by atoms with van der Waals surface area (Å²) in [5, 5.41) is 0. The summed E-state index contributed by atoms with van der Waals surface area (Å²) in [5.41, 5.74) is 2.16. The van der Waals surface area contributed by atoms with Gasteiger partial charge in [0, 0.05) is 24.9 Å². The molecule has 1 aliphatic rings. The van der Waals surface area contributed by atoms with Crippen molar-refractivity contribution in [2.75, 3.05) is 6.61 Å². The van der Waals surface area contributed by atoms with Crippen molar-refractivity contribution < 1.29 is 17.9 Å². The first-order valence-electron chi connectivity index (χ1n) is 8.04. The summed E-state index contributed by atoms with van der Waals surface area (Å²) < 4.78 is 47.1. The summed E-state index contributed by atoms with van der Waals surface area (Å²) in [6.07, 6.45) is -0.475. The molecule has 3 rings (SSSR count). The Kier molecular flexibility index (Phi) is 4.27. The Morgan fingerprint density at radius 2 is 2.12 bits per heavy atom. The van der Waals surface area contributed by atoms with E-state index >= 15 is 0 Å². The first-order valence-corrected chi connectivity index (χ1v) is 8.04. The van der Waals surface area contributed by atoms with E-state index in [1.807, 2.05) is 18.5 Å². The van der Waals surface area contributed by atoms with Crippen molar-refractivity contribution in [1.82, 2.24) is 14.5 Å². The summed E-state index contributed by atoms with van der Waals surface area (Å²) in [6, 6.07) is 1.78. The number of hydrogen-bond acceptors (Lipinski definition) is 3. The van der Waals surface area contributed by atoms with E-state index in [1.54, 1.807) is 25.4 Å². The van der Waals surface area contributed by atoms with Gasteiger partial charge >= 0.3 is 6.18 Å². The number of hydrogen-bond donors (Lipinski definition) is 0. The molecule has 4 nitrogen and oxygen atoms in total. The van der Waals surface area contributed by atoms with Gasteiger partial charge in [0.2, 0.25) is 0 Å². The van der Waals surface area contributed by atoms with E-state index in [0.717, 1.165) is 11.3 Å². The van der Waals surface area contributed by atoms with Crippen molar-refractivity contribution >= 4 is 0 Å². The maximum atomic E-state index is 13.2. The first-order chi connectivity index (χ1) is 11.3. The van der Waals surface area contributed by atoms with Crippen molar-refractivity contribution in [3.05, 3.63) is 29.8 Å². The number of fused-ring (bicyclic) bond motifs is 1. The molecule has 0 radical (unpaired) electrons. The third-order valence-corrected chi connectivity index (χ3v) is 4.72. The summed E-state index contributed by atoms with van der Waals surface area (Å²) in [6.45, 7) is 3.97. The Labute approximate surface area is 138 Å². The van der Waals surface area contributed by atoms with Crippen LogP contribution in [0.1, 0.15) is 37.6 Å². The second-order valence-electron chi connectivity index (χ2n) is 6.11. The van der Waals surface area contributed by atoms with Crippen LogP contribution >= 0.6 is 0 Å². The summed E-state index contributed by atoms with van der Waals surface area (Å²) in [4.78, 5) is 8.61. The average molecular weight is 339 g/mol. The standard InChI is InChI=1S/C17H20F3N3O/c1-4-24-14-9-21-8-7-11(14)16-22-15-10(2)12(17(18,19)20)5-6-13(15)23(16)3/h7-10,12H,4-6H2,1-3H3. The molecule has 0 bridgehead atoms. The largest absolute Gasteiger partial charge is 0.491 e. The predicted octanol–water partition coefficient (Wildman–Crippen LogP) is 4.11. The smallest absolute Gasteiger partial charge is 0.392 e. The van der Waals surface area contributed by atoms with Crippen LogP contribution in [0.3, 0.4) is 0 Å². The fraction of sp³-hybridized carbons (Fsp3) is 0.529. The lowest BCUT2D eigenvalue weighted by Crippen LogP contribution is -2.32. The molecule has 2 aromatic heterocycles. The Morgan fingerprint density at radius 3 is 2.79 bits per heavy atom. The molecule has 1 aliphatic carbocycles. The van der Waals surface area contributed by atoms with E-state index in [4.69, 9.17) is 4.74 Å². The lowest BCUT2D eigenvalue weighted by Gasteiger charge is -2.30. The second-order valence-corrected chi connectivity index (χ2v) is 6.11. The normalized spacial score (nSPS) is 20.8. The van der Waals surface area contributed by atoms with Crippen molar-refractivity contribution in [2.45, 2.75) is 38.8 Å². The highest BCUT2D eigenvalue weighted by Gasteiger charge is 2.47. The molecule has 0 fully saturated rings. The maximum absolute atomic E-state index is 13.2. The molecule has 0 saturated carbocycles. The van der Waals surface area contributed by atoms with Crippen molar-refractivity contribution in [3.63, 3.8) is 0 Å². The number of rotatable bonds is 3. The van der Waals surface area contributed by atoms with Crippen molar-refractivity contribution in [3.8, 4) is 17.1 Å². The monoisotopic (exact) mass is 339 g/mol. The number of halogens is 3. The third kappa shape index (κ3) is 2.76. The van der Waals surface area contributed by atoms with Gasteiger partial charge in [-0.1, -0.05) is 6.92 Å². The van der Waals surface area contributed by atoms with Crippen molar-refractivity contribution in [2.24, 2.45) is 13.0 Å². The summed E-state index contributed by atoms with van der Waals surface area (Å²) >= 11 is 0. The predicted molar refractivity (Wildman–Crippen MR) is 83.9 cm³/mol. The van der Waals surface area contributed by atoms with Gasteiger partial charge in [-0.2, -0.15) is 13.2 Å². The molecule has 2 atom stereocenters. The molecule has 7 heteroatoms. The Morgan fingerprint density at radius 1 is 1.38 bits per heavy atom. The molecule has 2 heterocycles. The highest BCUT2D eigenvalue weighted by atomic mass is 19.4. The minimum Gasteiger partial charge on any atom is -0.491 e. The molecule has 0 aliphatic heterocycles. The van der Waals surface area contributed by atoms with Crippen molar-refractivity contribution in [1.29, 1.82) is 0 Å². The number of aromatic nitrogens is 3. The minimum absolute atomic E-state index is 0.102. The molecule has 0 spiro atoms. The molecule has 0 amide bonds. The van der Waals surface area contributed by atoms with E-state index in [1.165, 1.54) is 0 Å². The number of imidazole rings is 1. The maximum Gasteiger partial charge on any atom is 0.392 e. The lowest BCUT2D eigenvalue weighted by molar-refractivity contribution is -0.183. The molecule has 130 valence electrons. The van der Waals surface area contributed by atoms with Crippen LogP contribution in [0, 0.1) is 5.92 Å². The van der Waals surface area contributed by atoms with Crippen LogP contribution in [0.5, 0.6) is 5.75 Å². The quantitative estimate of drug-likeness (QED) is 0.845. The van der Waals surface area contributed by atoms with Gasteiger partial charge in [-0.3, -0.25) is 4.98 Å².